The second-order valence-corrected chi connectivity index (χ2v) is 7.76. The predicted octanol–water partition coefficient (Wildman–Crippen LogP) is 4.51. The molecule has 0 spiro atoms. The van der Waals surface area contributed by atoms with Crippen molar-refractivity contribution in [2.45, 2.75) is 45.6 Å². The number of aliphatic hydroxyl groups is 2. The minimum Gasteiger partial charge on any atom is -0.413 e. The summed E-state index contributed by atoms with van der Waals surface area (Å²) in [5.74, 6) is 0.526. The second kappa shape index (κ2) is 9.04. The highest BCUT2D eigenvalue weighted by atomic mass is 31.2. The van der Waals surface area contributed by atoms with E-state index in [1.54, 1.807) is 24.3 Å². The lowest BCUT2D eigenvalue weighted by Crippen LogP contribution is -2.15. The summed E-state index contributed by atoms with van der Waals surface area (Å²) in [6, 6.07) is 11.8. The average molecular weight is 364 g/mol. The zero-order valence-electron chi connectivity index (χ0n) is 14.6. The van der Waals surface area contributed by atoms with Gasteiger partial charge in [-0.05, 0) is 48.2 Å². The molecule has 2 N–H and O–H groups in total. The molecule has 0 aliphatic heterocycles. The first-order valence-electron chi connectivity index (χ1n) is 8.49. The molecule has 0 atom stereocenters. The van der Waals surface area contributed by atoms with Crippen LogP contribution >= 0.6 is 7.60 Å². The van der Waals surface area contributed by atoms with Crippen molar-refractivity contribution in [3.8, 4) is 11.5 Å². The summed E-state index contributed by atoms with van der Waals surface area (Å²) in [6.07, 6.45) is 3.90. The zero-order chi connectivity index (χ0) is 18.3. The molecule has 0 fully saturated rings. The fourth-order valence-corrected chi connectivity index (χ4v) is 3.48. The van der Waals surface area contributed by atoms with Crippen molar-refractivity contribution >= 4 is 7.60 Å². The quantitative estimate of drug-likeness (QED) is 0.506. The van der Waals surface area contributed by atoms with Crippen molar-refractivity contribution in [1.29, 1.82) is 0 Å². The lowest BCUT2D eigenvalue weighted by atomic mass is 10.1. The molecule has 2 rings (SSSR count). The fourth-order valence-electron chi connectivity index (χ4n) is 2.42. The Morgan fingerprint density at radius 2 is 1.16 bits per heavy atom. The first-order chi connectivity index (χ1) is 12.0. The Bertz CT molecular complexity index is 639. The number of rotatable bonds is 9. The monoisotopic (exact) mass is 364 g/mol. The van der Waals surface area contributed by atoms with Crippen molar-refractivity contribution in [1.82, 2.24) is 0 Å². The minimum absolute atomic E-state index is 0.263. The summed E-state index contributed by atoms with van der Waals surface area (Å²) in [7, 11) is -4.19. The van der Waals surface area contributed by atoms with Gasteiger partial charge in [-0.15, -0.1) is 0 Å². The van der Waals surface area contributed by atoms with Gasteiger partial charge in [-0.1, -0.05) is 51.0 Å². The molecule has 6 heteroatoms. The maximum Gasteiger partial charge on any atom is 0.486 e. The first kappa shape index (κ1) is 19.5. The van der Waals surface area contributed by atoms with Gasteiger partial charge in [0.25, 0.3) is 6.03 Å². The zero-order valence-corrected chi connectivity index (χ0v) is 15.5. The molecule has 0 saturated carbocycles. The van der Waals surface area contributed by atoms with Crippen molar-refractivity contribution in [2.24, 2.45) is 0 Å². The molecule has 0 heterocycles. The molecular formula is C19H25O5P. The third-order valence-corrected chi connectivity index (χ3v) is 5.17. The van der Waals surface area contributed by atoms with Crippen LogP contribution in [0, 0.1) is 0 Å². The maximum atomic E-state index is 12.7. The van der Waals surface area contributed by atoms with Gasteiger partial charge in [0.05, 0.1) is 0 Å². The van der Waals surface area contributed by atoms with E-state index in [-0.39, 0.29) is 11.5 Å². The van der Waals surface area contributed by atoms with E-state index < -0.39 is 13.6 Å². The Morgan fingerprint density at radius 1 is 0.800 bits per heavy atom. The number of benzene rings is 2. The van der Waals surface area contributed by atoms with Crippen molar-refractivity contribution < 1.29 is 23.8 Å². The normalized spacial score (nSPS) is 11.6. The number of hydrogen-bond acceptors (Lipinski definition) is 5. The Balaban J connectivity index is 2.13. The summed E-state index contributed by atoms with van der Waals surface area (Å²) in [5, 5.41) is 19.0. The molecule has 2 aromatic carbocycles. The van der Waals surface area contributed by atoms with Crippen LogP contribution in [0.4, 0.5) is 0 Å². The van der Waals surface area contributed by atoms with E-state index in [0.29, 0.717) is 0 Å². The molecule has 0 unspecified atom stereocenters. The van der Waals surface area contributed by atoms with Crippen LogP contribution in [0.15, 0.2) is 48.5 Å². The van der Waals surface area contributed by atoms with Gasteiger partial charge in [0, 0.05) is 0 Å². The Labute approximate surface area is 148 Å². The van der Waals surface area contributed by atoms with E-state index >= 15 is 0 Å². The lowest BCUT2D eigenvalue weighted by Gasteiger charge is -2.21. The average Bonchev–Trinajstić information content (AvgIpc) is 2.59. The van der Waals surface area contributed by atoms with E-state index in [1.165, 1.54) is 0 Å². The highest BCUT2D eigenvalue weighted by Crippen LogP contribution is 2.51. The van der Waals surface area contributed by atoms with E-state index in [4.69, 9.17) is 9.05 Å². The summed E-state index contributed by atoms with van der Waals surface area (Å²) < 4.78 is 23.4. The highest BCUT2D eigenvalue weighted by Gasteiger charge is 2.37. The Morgan fingerprint density at radius 3 is 1.44 bits per heavy atom. The first-order valence-corrected chi connectivity index (χ1v) is 10.1. The van der Waals surface area contributed by atoms with Gasteiger partial charge in [0.2, 0.25) is 0 Å². The molecule has 0 aliphatic carbocycles. The van der Waals surface area contributed by atoms with Gasteiger partial charge in [-0.2, -0.15) is 0 Å². The number of hydrogen-bond donors (Lipinski definition) is 2. The molecule has 0 aliphatic rings. The standard InChI is InChI=1S/C19H25O5P/c1-3-5-15-7-11-17(12-8-15)23-25(22,19(20)21)24-18-13-9-16(6-4-2)10-14-18/h7-14,19-21H,3-6H2,1-2H3. The van der Waals surface area contributed by atoms with E-state index in [0.717, 1.165) is 36.8 Å². The van der Waals surface area contributed by atoms with Crippen molar-refractivity contribution in [3.05, 3.63) is 59.7 Å². The van der Waals surface area contributed by atoms with E-state index in [1.807, 2.05) is 24.3 Å². The molecule has 2 aromatic rings. The van der Waals surface area contributed by atoms with Crippen molar-refractivity contribution in [3.63, 3.8) is 0 Å². The highest BCUT2D eigenvalue weighted by molar-refractivity contribution is 7.55. The summed E-state index contributed by atoms with van der Waals surface area (Å²) in [4.78, 5) is 0. The van der Waals surface area contributed by atoms with Gasteiger partial charge in [0.1, 0.15) is 11.5 Å². The van der Waals surface area contributed by atoms with Crippen LogP contribution in [0.2, 0.25) is 0 Å². The summed E-state index contributed by atoms with van der Waals surface area (Å²) in [6.45, 7) is 4.17. The topological polar surface area (TPSA) is 76.0 Å². The number of aryl methyl sites for hydroxylation is 2. The van der Waals surface area contributed by atoms with E-state index in [9.17, 15) is 14.8 Å². The van der Waals surface area contributed by atoms with Gasteiger partial charge < -0.3 is 19.3 Å². The smallest absolute Gasteiger partial charge is 0.413 e. The van der Waals surface area contributed by atoms with Crippen LogP contribution in [0.1, 0.15) is 37.8 Å². The van der Waals surface area contributed by atoms with Crippen LogP contribution in [0.3, 0.4) is 0 Å². The Kier molecular flexibility index (Phi) is 7.06. The van der Waals surface area contributed by atoms with Crippen LogP contribution in [0.5, 0.6) is 11.5 Å². The van der Waals surface area contributed by atoms with E-state index in [2.05, 4.69) is 13.8 Å². The summed E-state index contributed by atoms with van der Waals surface area (Å²) >= 11 is 0. The summed E-state index contributed by atoms with van der Waals surface area (Å²) in [5.41, 5.74) is 2.25. The fraction of sp³-hybridized carbons (Fsp3) is 0.368. The van der Waals surface area contributed by atoms with Gasteiger partial charge in [0.15, 0.2) is 0 Å². The molecule has 0 amide bonds. The third kappa shape index (κ3) is 5.60. The number of aliphatic hydroxyl groups excluding tert-OH is 1. The molecule has 5 nitrogen and oxygen atoms in total. The molecule has 0 saturated heterocycles. The predicted molar refractivity (Wildman–Crippen MR) is 98.0 cm³/mol. The largest absolute Gasteiger partial charge is 0.486 e. The third-order valence-electron chi connectivity index (χ3n) is 3.67. The van der Waals surface area contributed by atoms with Gasteiger partial charge in [-0.3, -0.25) is 0 Å². The van der Waals surface area contributed by atoms with Crippen LogP contribution in [-0.4, -0.2) is 16.2 Å². The van der Waals surface area contributed by atoms with Crippen molar-refractivity contribution in [2.75, 3.05) is 0 Å². The van der Waals surface area contributed by atoms with Gasteiger partial charge >= 0.3 is 7.60 Å². The van der Waals surface area contributed by atoms with Crippen LogP contribution in [0.25, 0.3) is 0 Å². The minimum atomic E-state index is -4.19. The molecular weight excluding hydrogens is 339 g/mol. The Hall–Kier alpha value is -1.81. The molecule has 0 aromatic heterocycles. The lowest BCUT2D eigenvalue weighted by molar-refractivity contribution is 0.0121. The second-order valence-electron chi connectivity index (χ2n) is 5.86. The SMILES string of the molecule is CCCc1ccc(OP(=O)(Oc2ccc(CCC)cc2)C(O)O)cc1. The maximum absolute atomic E-state index is 12.7. The van der Waals surface area contributed by atoms with Crippen LogP contribution in [-0.2, 0) is 17.4 Å². The molecule has 0 bridgehead atoms. The van der Waals surface area contributed by atoms with Gasteiger partial charge in [-0.25, -0.2) is 4.57 Å². The molecule has 0 radical (unpaired) electrons. The van der Waals surface area contributed by atoms with Crippen LogP contribution < -0.4 is 9.05 Å². The molecule has 136 valence electrons. The molecule has 25 heavy (non-hydrogen) atoms.